The average molecular weight is 510 g/mol. The summed E-state index contributed by atoms with van der Waals surface area (Å²) < 4.78 is 13.3. The van der Waals surface area contributed by atoms with E-state index in [0.29, 0.717) is 34.7 Å². The largest absolute Gasteiger partial charge is 0.356 e. The standard InChI is InChI=1S/C30H28FN5O2/c1-17-7-5-6-8-22(17)33-27-25-23(16-30(3,4)36-29(25)38)34-26(27)20-13-14-32-24(15-20)35-28(37)18(2)19-9-11-21(31)12-10-19/h5-15,33-34H,2,16H2,1,3-4H3,(H,36,38)(H,32,35,37). The van der Waals surface area contributed by atoms with Crippen LogP contribution in [0.25, 0.3) is 16.8 Å². The van der Waals surface area contributed by atoms with Crippen LogP contribution in [-0.4, -0.2) is 27.3 Å². The fraction of sp³-hybridized carbons (Fsp3) is 0.167. The molecule has 38 heavy (non-hydrogen) atoms. The highest BCUT2D eigenvalue weighted by atomic mass is 19.1. The number of carbonyl (C=O) groups is 2. The molecule has 1 aliphatic heterocycles. The summed E-state index contributed by atoms with van der Waals surface area (Å²) in [6.45, 7) is 9.81. The van der Waals surface area contributed by atoms with E-state index in [1.165, 1.54) is 24.3 Å². The Morgan fingerprint density at radius 2 is 1.84 bits per heavy atom. The quantitative estimate of drug-likeness (QED) is 0.240. The van der Waals surface area contributed by atoms with Gasteiger partial charge in [-0.15, -0.1) is 0 Å². The average Bonchev–Trinajstić information content (AvgIpc) is 3.22. The van der Waals surface area contributed by atoms with Crippen molar-refractivity contribution in [1.29, 1.82) is 0 Å². The van der Waals surface area contributed by atoms with Crippen LogP contribution in [0.3, 0.4) is 0 Å². The minimum Gasteiger partial charge on any atom is -0.356 e. The van der Waals surface area contributed by atoms with Crippen LogP contribution in [-0.2, 0) is 11.2 Å². The van der Waals surface area contributed by atoms with Crippen molar-refractivity contribution < 1.29 is 14.0 Å². The number of aromatic nitrogens is 2. The lowest BCUT2D eigenvalue weighted by molar-refractivity contribution is -0.111. The maximum atomic E-state index is 13.3. The lowest BCUT2D eigenvalue weighted by Crippen LogP contribution is -2.49. The Morgan fingerprint density at radius 1 is 1.11 bits per heavy atom. The Morgan fingerprint density at radius 3 is 2.58 bits per heavy atom. The number of nitrogens with zero attached hydrogens (tertiary/aromatic N) is 1. The lowest BCUT2D eigenvalue weighted by atomic mass is 9.91. The Bertz CT molecular complexity index is 1570. The van der Waals surface area contributed by atoms with Crippen molar-refractivity contribution in [2.45, 2.75) is 32.7 Å². The van der Waals surface area contributed by atoms with Gasteiger partial charge in [-0.2, -0.15) is 0 Å². The van der Waals surface area contributed by atoms with Gasteiger partial charge in [-0.1, -0.05) is 36.9 Å². The van der Waals surface area contributed by atoms with Crippen LogP contribution in [0.1, 0.15) is 41.0 Å². The number of H-pyrrole nitrogens is 1. The molecule has 192 valence electrons. The maximum Gasteiger partial charge on any atom is 0.256 e. The number of aromatic amines is 1. The summed E-state index contributed by atoms with van der Waals surface area (Å²) in [4.78, 5) is 33.8. The number of carbonyl (C=O) groups excluding carboxylic acids is 2. The zero-order chi connectivity index (χ0) is 27.0. The van der Waals surface area contributed by atoms with E-state index in [0.717, 1.165) is 22.5 Å². The van der Waals surface area contributed by atoms with E-state index in [4.69, 9.17) is 0 Å². The van der Waals surface area contributed by atoms with E-state index in [9.17, 15) is 14.0 Å². The molecule has 3 heterocycles. The number of hydrogen-bond donors (Lipinski definition) is 4. The van der Waals surface area contributed by atoms with Crippen molar-refractivity contribution in [3.63, 3.8) is 0 Å². The number of amides is 2. The van der Waals surface area contributed by atoms with Crippen LogP contribution in [0.15, 0.2) is 73.4 Å². The van der Waals surface area contributed by atoms with Gasteiger partial charge in [-0.3, -0.25) is 9.59 Å². The zero-order valence-electron chi connectivity index (χ0n) is 21.4. The first-order chi connectivity index (χ1) is 18.1. The van der Waals surface area contributed by atoms with Gasteiger partial charge in [-0.25, -0.2) is 9.37 Å². The third-order valence-electron chi connectivity index (χ3n) is 6.54. The summed E-state index contributed by atoms with van der Waals surface area (Å²) in [5.41, 5.74) is 5.71. The van der Waals surface area contributed by atoms with Crippen molar-refractivity contribution >= 4 is 34.6 Å². The maximum absolute atomic E-state index is 13.3. The molecule has 2 aromatic heterocycles. The van der Waals surface area contributed by atoms with Gasteiger partial charge in [0.2, 0.25) is 0 Å². The van der Waals surface area contributed by atoms with E-state index in [1.54, 1.807) is 12.3 Å². The molecule has 0 saturated heterocycles. The third kappa shape index (κ3) is 4.93. The Labute approximate surface area is 220 Å². The molecule has 0 radical (unpaired) electrons. The highest BCUT2D eigenvalue weighted by Crippen LogP contribution is 2.39. The number of pyridine rings is 1. The molecule has 1 aliphatic rings. The molecule has 8 heteroatoms. The molecule has 0 spiro atoms. The predicted octanol–water partition coefficient (Wildman–Crippen LogP) is 5.98. The van der Waals surface area contributed by atoms with Gasteiger partial charge in [0.25, 0.3) is 11.8 Å². The molecule has 4 N–H and O–H groups in total. The van der Waals surface area contributed by atoms with E-state index in [2.05, 4.69) is 32.5 Å². The smallest absolute Gasteiger partial charge is 0.256 e. The SMILES string of the molecule is C=C(C(=O)Nc1cc(-c2[nH]c3c(c2Nc2ccccc2C)C(=O)NC(C)(C)C3)ccn1)c1ccc(F)cc1. The van der Waals surface area contributed by atoms with Crippen molar-refractivity contribution in [1.82, 2.24) is 15.3 Å². The Balaban J connectivity index is 1.51. The fourth-order valence-corrected chi connectivity index (χ4v) is 4.61. The molecule has 0 saturated carbocycles. The first kappa shape index (κ1) is 25.0. The minimum absolute atomic E-state index is 0.159. The number of anilines is 3. The van der Waals surface area contributed by atoms with Crippen LogP contribution in [0, 0.1) is 12.7 Å². The number of nitrogens with one attached hydrogen (secondary N) is 4. The number of fused-ring (bicyclic) bond motifs is 1. The van der Waals surface area contributed by atoms with Gasteiger partial charge in [-0.05, 0) is 62.2 Å². The monoisotopic (exact) mass is 509 g/mol. The molecule has 0 aliphatic carbocycles. The van der Waals surface area contributed by atoms with Gasteiger partial charge in [0.05, 0.1) is 16.9 Å². The first-order valence-electron chi connectivity index (χ1n) is 12.2. The van der Waals surface area contributed by atoms with Crippen LogP contribution in [0.2, 0.25) is 0 Å². The van der Waals surface area contributed by atoms with Gasteiger partial charge in [0, 0.05) is 40.7 Å². The molecular weight excluding hydrogens is 481 g/mol. The molecular formula is C30H28FN5O2. The highest BCUT2D eigenvalue weighted by molar-refractivity contribution is 6.24. The number of aryl methyl sites for hydroxylation is 1. The topological polar surface area (TPSA) is 98.9 Å². The van der Waals surface area contributed by atoms with Crippen molar-refractivity contribution in [2.24, 2.45) is 0 Å². The van der Waals surface area contributed by atoms with Crippen LogP contribution < -0.4 is 16.0 Å². The summed E-state index contributed by atoms with van der Waals surface area (Å²) in [5, 5.41) is 9.32. The molecule has 0 fully saturated rings. The third-order valence-corrected chi connectivity index (χ3v) is 6.54. The molecule has 2 amide bonds. The van der Waals surface area contributed by atoms with Gasteiger partial charge >= 0.3 is 0 Å². The molecule has 7 nitrogen and oxygen atoms in total. The summed E-state index contributed by atoms with van der Waals surface area (Å²) in [6, 6.07) is 17.0. The molecule has 0 bridgehead atoms. The second-order valence-corrected chi connectivity index (χ2v) is 10.1. The van der Waals surface area contributed by atoms with Crippen molar-refractivity contribution in [3.8, 4) is 11.3 Å². The van der Waals surface area contributed by atoms with Gasteiger partial charge < -0.3 is 20.9 Å². The van der Waals surface area contributed by atoms with Gasteiger partial charge in [0.1, 0.15) is 11.6 Å². The normalized spacial score (nSPS) is 13.8. The molecule has 5 rings (SSSR count). The zero-order valence-corrected chi connectivity index (χ0v) is 21.4. The van der Waals surface area contributed by atoms with Crippen LogP contribution in [0.5, 0.6) is 0 Å². The molecule has 0 unspecified atom stereocenters. The number of rotatable bonds is 6. The van der Waals surface area contributed by atoms with E-state index >= 15 is 0 Å². The lowest BCUT2D eigenvalue weighted by Gasteiger charge is -2.30. The number of para-hydroxylation sites is 1. The first-order valence-corrected chi connectivity index (χ1v) is 12.2. The van der Waals surface area contributed by atoms with Gasteiger partial charge in [0.15, 0.2) is 0 Å². The van der Waals surface area contributed by atoms with Crippen LogP contribution in [0.4, 0.5) is 21.6 Å². The Hall–Kier alpha value is -4.72. The number of benzene rings is 2. The molecule has 4 aromatic rings. The fourth-order valence-electron chi connectivity index (χ4n) is 4.61. The van der Waals surface area contributed by atoms with Crippen molar-refractivity contribution in [2.75, 3.05) is 10.6 Å². The summed E-state index contributed by atoms with van der Waals surface area (Å²) in [6.07, 6.45) is 2.22. The van der Waals surface area contributed by atoms with E-state index < -0.39 is 17.3 Å². The number of hydrogen-bond acceptors (Lipinski definition) is 4. The van der Waals surface area contributed by atoms with Crippen molar-refractivity contribution in [3.05, 3.63) is 102 Å². The highest BCUT2D eigenvalue weighted by Gasteiger charge is 2.35. The minimum atomic E-state index is -0.452. The van der Waals surface area contributed by atoms with E-state index in [1.807, 2.05) is 51.1 Å². The summed E-state index contributed by atoms with van der Waals surface area (Å²) in [7, 11) is 0. The number of halogens is 1. The summed E-state index contributed by atoms with van der Waals surface area (Å²) >= 11 is 0. The molecule has 2 aromatic carbocycles. The second-order valence-electron chi connectivity index (χ2n) is 10.1. The predicted molar refractivity (Wildman–Crippen MR) is 148 cm³/mol. The Kier molecular flexibility index (Phi) is 6.32. The second kappa shape index (κ2) is 9.63. The van der Waals surface area contributed by atoms with Crippen LogP contribution >= 0.6 is 0 Å². The summed E-state index contributed by atoms with van der Waals surface area (Å²) in [5.74, 6) is -0.688. The molecule has 0 atom stereocenters. The van der Waals surface area contributed by atoms with E-state index in [-0.39, 0.29) is 11.5 Å².